The number of aryl methyl sites for hydroxylation is 1. The van der Waals surface area contributed by atoms with Crippen molar-refractivity contribution in [2.75, 3.05) is 0 Å². The molecule has 0 radical (unpaired) electrons. The summed E-state index contributed by atoms with van der Waals surface area (Å²) in [5, 5.41) is 0.568. The molecule has 0 saturated carbocycles. The van der Waals surface area contributed by atoms with Gasteiger partial charge in [0, 0.05) is 4.47 Å². The van der Waals surface area contributed by atoms with Gasteiger partial charge in [0.15, 0.2) is 0 Å². The van der Waals surface area contributed by atoms with Gasteiger partial charge >= 0.3 is 0 Å². The lowest BCUT2D eigenvalue weighted by molar-refractivity contribution is 0.307. The SMILES string of the molecule is Cc1cccc(COc2ccc(Br)cc2-c2nc3ccccc3c(=O)[nH]2)c1. The number of para-hydroxylation sites is 1. The average molecular weight is 421 g/mol. The molecule has 4 rings (SSSR count). The van der Waals surface area contributed by atoms with Crippen molar-refractivity contribution in [3.8, 4) is 17.1 Å². The van der Waals surface area contributed by atoms with Crippen LogP contribution in [0.4, 0.5) is 0 Å². The molecule has 1 N–H and O–H groups in total. The van der Waals surface area contributed by atoms with Crippen molar-refractivity contribution in [3.63, 3.8) is 0 Å². The number of nitrogens with zero attached hydrogens (tertiary/aromatic N) is 1. The van der Waals surface area contributed by atoms with Crippen LogP contribution in [-0.2, 0) is 6.61 Å². The predicted molar refractivity (Wildman–Crippen MR) is 111 cm³/mol. The summed E-state index contributed by atoms with van der Waals surface area (Å²) < 4.78 is 6.94. The van der Waals surface area contributed by atoms with Crippen LogP contribution >= 0.6 is 15.9 Å². The van der Waals surface area contributed by atoms with Gasteiger partial charge in [0.1, 0.15) is 18.2 Å². The third-order valence-corrected chi connectivity index (χ3v) is 4.78. The molecule has 3 aromatic carbocycles. The van der Waals surface area contributed by atoms with Crippen LogP contribution in [0.3, 0.4) is 0 Å². The highest BCUT2D eigenvalue weighted by molar-refractivity contribution is 9.10. The van der Waals surface area contributed by atoms with Gasteiger partial charge in [0.25, 0.3) is 5.56 Å². The van der Waals surface area contributed by atoms with Crippen molar-refractivity contribution in [1.82, 2.24) is 9.97 Å². The van der Waals surface area contributed by atoms with E-state index in [2.05, 4.69) is 45.0 Å². The summed E-state index contributed by atoms with van der Waals surface area (Å²) in [7, 11) is 0. The monoisotopic (exact) mass is 420 g/mol. The smallest absolute Gasteiger partial charge is 0.259 e. The van der Waals surface area contributed by atoms with Gasteiger partial charge < -0.3 is 9.72 Å². The largest absolute Gasteiger partial charge is 0.488 e. The fourth-order valence-electron chi connectivity index (χ4n) is 2.99. The lowest BCUT2D eigenvalue weighted by atomic mass is 10.1. The number of rotatable bonds is 4. The maximum absolute atomic E-state index is 12.4. The second-order valence-electron chi connectivity index (χ2n) is 6.35. The molecular weight excluding hydrogens is 404 g/mol. The van der Waals surface area contributed by atoms with Crippen LogP contribution in [0.15, 0.2) is 76.0 Å². The van der Waals surface area contributed by atoms with Crippen LogP contribution in [0.25, 0.3) is 22.3 Å². The number of H-pyrrole nitrogens is 1. The van der Waals surface area contributed by atoms with Crippen molar-refractivity contribution in [2.24, 2.45) is 0 Å². The molecule has 0 amide bonds. The Morgan fingerprint density at radius 2 is 1.89 bits per heavy atom. The van der Waals surface area contributed by atoms with Crippen molar-refractivity contribution in [1.29, 1.82) is 0 Å². The second-order valence-corrected chi connectivity index (χ2v) is 7.27. The first-order chi connectivity index (χ1) is 13.1. The Labute approximate surface area is 165 Å². The Bertz CT molecular complexity index is 1180. The van der Waals surface area contributed by atoms with E-state index in [1.54, 1.807) is 6.07 Å². The summed E-state index contributed by atoms with van der Waals surface area (Å²) in [6.45, 7) is 2.49. The molecule has 0 aliphatic rings. The Hall–Kier alpha value is -2.92. The third kappa shape index (κ3) is 3.78. The lowest BCUT2D eigenvalue weighted by Gasteiger charge is -2.12. The van der Waals surface area contributed by atoms with E-state index < -0.39 is 0 Å². The molecule has 134 valence electrons. The molecule has 5 heteroatoms. The maximum atomic E-state index is 12.4. The molecule has 0 atom stereocenters. The summed E-state index contributed by atoms with van der Waals surface area (Å²) in [6.07, 6.45) is 0. The first kappa shape index (κ1) is 17.5. The third-order valence-electron chi connectivity index (χ3n) is 4.29. The van der Waals surface area contributed by atoms with E-state index in [1.165, 1.54) is 5.56 Å². The number of aromatic nitrogens is 2. The minimum atomic E-state index is -0.166. The highest BCUT2D eigenvalue weighted by Crippen LogP contribution is 2.31. The van der Waals surface area contributed by atoms with Gasteiger partial charge in [-0.25, -0.2) is 4.98 Å². The zero-order valence-electron chi connectivity index (χ0n) is 14.7. The molecule has 0 aliphatic heterocycles. The predicted octanol–water partition coefficient (Wildman–Crippen LogP) is 5.24. The first-order valence-electron chi connectivity index (χ1n) is 8.57. The molecule has 0 unspecified atom stereocenters. The molecule has 0 saturated heterocycles. The maximum Gasteiger partial charge on any atom is 0.259 e. The highest BCUT2D eigenvalue weighted by atomic mass is 79.9. The summed E-state index contributed by atoms with van der Waals surface area (Å²) in [5.41, 5.74) is 3.50. The highest BCUT2D eigenvalue weighted by Gasteiger charge is 2.12. The van der Waals surface area contributed by atoms with Crippen molar-refractivity contribution in [2.45, 2.75) is 13.5 Å². The lowest BCUT2D eigenvalue weighted by Crippen LogP contribution is -2.10. The van der Waals surface area contributed by atoms with Crippen LogP contribution in [0, 0.1) is 6.92 Å². The Kier molecular flexibility index (Phi) is 4.77. The van der Waals surface area contributed by atoms with E-state index in [0.717, 1.165) is 15.6 Å². The zero-order chi connectivity index (χ0) is 18.8. The van der Waals surface area contributed by atoms with Gasteiger partial charge in [-0.3, -0.25) is 4.79 Å². The van der Waals surface area contributed by atoms with Crippen LogP contribution in [-0.4, -0.2) is 9.97 Å². The van der Waals surface area contributed by atoms with Crippen molar-refractivity contribution >= 4 is 26.8 Å². The minimum Gasteiger partial charge on any atom is -0.488 e. The van der Waals surface area contributed by atoms with Crippen molar-refractivity contribution in [3.05, 3.63) is 92.7 Å². The second kappa shape index (κ2) is 7.37. The molecule has 0 fully saturated rings. The zero-order valence-corrected chi connectivity index (χ0v) is 16.3. The van der Waals surface area contributed by atoms with E-state index in [0.29, 0.717) is 29.1 Å². The number of aromatic amines is 1. The van der Waals surface area contributed by atoms with Gasteiger partial charge in [-0.15, -0.1) is 0 Å². The topological polar surface area (TPSA) is 55.0 Å². The Balaban J connectivity index is 1.74. The van der Waals surface area contributed by atoms with E-state index >= 15 is 0 Å². The van der Waals surface area contributed by atoms with E-state index in [-0.39, 0.29) is 5.56 Å². The number of nitrogens with one attached hydrogen (secondary N) is 1. The molecule has 0 aliphatic carbocycles. The molecule has 4 aromatic rings. The molecule has 1 aromatic heterocycles. The van der Waals surface area contributed by atoms with Gasteiger partial charge in [-0.05, 0) is 42.8 Å². The van der Waals surface area contributed by atoms with Crippen molar-refractivity contribution < 1.29 is 4.74 Å². The summed E-state index contributed by atoms with van der Waals surface area (Å²) in [6, 6.07) is 21.2. The number of benzene rings is 3. The molecule has 1 heterocycles. The first-order valence-corrected chi connectivity index (χ1v) is 9.37. The van der Waals surface area contributed by atoms with E-state index in [4.69, 9.17) is 4.74 Å². The normalized spacial score (nSPS) is 10.9. The fraction of sp³-hybridized carbons (Fsp3) is 0.0909. The summed E-state index contributed by atoms with van der Waals surface area (Å²) in [5.74, 6) is 1.15. The number of fused-ring (bicyclic) bond motifs is 1. The van der Waals surface area contributed by atoms with Crippen LogP contribution in [0.1, 0.15) is 11.1 Å². The van der Waals surface area contributed by atoms with E-state index in [1.807, 2.05) is 48.5 Å². The number of hydrogen-bond donors (Lipinski definition) is 1. The summed E-state index contributed by atoms with van der Waals surface area (Å²) >= 11 is 3.49. The fourth-order valence-corrected chi connectivity index (χ4v) is 3.35. The van der Waals surface area contributed by atoms with Crippen LogP contribution < -0.4 is 10.3 Å². The van der Waals surface area contributed by atoms with Gasteiger partial charge in [-0.1, -0.05) is 57.9 Å². The van der Waals surface area contributed by atoms with Crippen LogP contribution in [0.5, 0.6) is 5.75 Å². The van der Waals surface area contributed by atoms with Gasteiger partial charge in [-0.2, -0.15) is 0 Å². The van der Waals surface area contributed by atoms with Crippen LogP contribution in [0.2, 0.25) is 0 Å². The standard InChI is InChI=1S/C22H17BrN2O2/c1-14-5-4-6-15(11-14)13-27-20-10-9-16(23)12-18(20)21-24-19-8-3-2-7-17(19)22(26)25-21/h2-12H,13H2,1H3,(H,24,25,26). The Morgan fingerprint density at radius 3 is 2.74 bits per heavy atom. The average Bonchev–Trinajstić information content (AvgIpc) is 2.67. The molecule has 4 nitrogen and oxygen atoms in total. The molecule has 27 heavy (non-hydrogen) atoms. The number of halogens is 1. The molecular formula is C22H17BrN2O2. The minimum absolute atomic E-state index is 0.166. The summed E-state index contributed by atoms with van der Waals surface area (Å²) in [4.78, 5) is 19.9. The van der Waals surface area contributed by atoms with Gasteiger partial charge in [0.2, 0.25) is 0 Å². The molecule has 0 bridgehead atoms. The number of ether oxygens (including phenoxy) is 1. The van der Waals surface area contributed by atoms with Gasteiger partial charge in [0.05, 0.1) is 16.5 Å². The molecule has 0 spiro atoms. The van der Waals surface area contributed by atoms with E-state index in [9.17, 15) is 4.79 Å². The number of hydrogen-bond acceptors (Lipinski definition) is 3. The quantitative estimate of drug-likeness (QED) is 0.490. The Morgan fingerprint density at radius 1 is 1.04 bits per heavy atom.